The molecule has 0 spiro atoms. The van der Waals surface area contributed by atoms with Gasteiger partial charge in [-0.1, -0.05) is 6.07 Å². The molecule has 3 aliphatic carbocycles. The lowest BCUT2D eigenvalue weighted by Crippen LogP contribution is -2.37. The second-order valence-electron chi connectivity index (χ2n) is 6.88. The molecular weight excluding hydrogens is 246 g/mol. The zero-order valence-electron chi connectivity index (χ0n) is 12.4. The van der Waals surface area contributed by atoms with Crippen molar-refractivity contribution >= 4 is 0 Å². The Morgan fingerprint density at radius 3 is 2.50 bits per heavy atom. The Kier molecular flexibility index (Phi) is 3.22. The smallest absolute Gasteiger partial charge is 0.119 e. The molecule has 1 aromatic rings. The SMILES string of the molecule is COc1ccc2c(c1)C(NC(C1CC1)C1CC1)CCC2. The highest BCUT2D eigenvalue weighted by Crippen LogP contribution is 2.46. The maximum atomic E-state index is 5.43. The van der Waals surface area contributed by atoms with Gasteiger partial charge >= 0.3 is 0 Å². The number of aryl methyl sites for hydroxylation is 1. The van der Waals surface area contributed by atoms with Gasteiger partial charge in [-0.25, -0.2) is 0 Å². The van der Waals surface area contributed by atoms with E-state index < -0.39 is 0 Å². The largest absolute Gasteiger partial charge is 0.497 e. The molecule has 1 aromatic carbocycles. The minimum absolute atomic E-state index is 0.556. The molecule has 0 bridgehead atoms. The van der Waals surface area contributed by atoms with Crippen LogP contribution in [-0.4, -0.2) is 13.2 Å². The van der Waals surface area contributed by atoms with E-state index >= 15 is 0 Å². The minimum atomic E-state index is 0.556. The van der Waals surface area contributed by atoms with Crippen molar-refractivity contribution in [3.63, 3.8) is 0 Å². The summed E-state index contributed by atoms with van der Waals surface area (Å²) in [5.41, 5.74) is 3.03. The van der Waals surface area contributed by atoms with E-state index in [4.69, 9.17) is 4.74 Å². The second kappa shape index (κ2) is 5.07. The van der Waals surface area contributed by atoms with Crippen molar-refractivity contribution in [2.24, 2.45) is 11.8 Å². The van der Waals surface area contributed by atoms with Gasteiger partial charge in [-0.3, -0.25) is 0 Å². The van der Waals surface area contributed by atoms with Gasteiger partial charge in [0, 0.05) is 12.1 Å². The van der Waals surface area contributed by atoms with Crippen LogP contribution in [0, 0.1) is 11.8 Å². The van der Waals surface area contributed by atoms with Gasteiger partial charge in [-0.2, -0.15) is 0 Å². The topological polar surface area (TPSA) is 21.3 Å². The average molecular weight is 271 g/mol. The Morgan fingerprint density at radius 2 is 1.85 bits per heavy atom. The van der Waals surface area contributed by atoms with Gasteiger partial charge in [-0.15, -0.1) is 0 Å². The number of benzene rings is 1. The third-order valence-electron chi connectivity index (χ3n) is 5.32. The van der Waals surface area contributed by atoms with E-state index in [-0.39, 0.29) is 0 Å². The molecule has 2 saturated carbocycles. The summed E-state index contributed by atoms with van der Waals surface area (Å²) in [5.74, 6) is 2.95. The maximum Gasteiger partial charge on any atom is 0.119 e. The van der Waals surface area contributed by atoms with Gasteiger partial charge in [-0.05, 0) is 80.0 Å². The fraction of sp³-hybridized carbons (Fsp3) is 0.667. The van der Waals surface area contributed by atoms with E-state index in [0.717, 1.165) is 23.6 Å². The number of hydrogen-bond acceptors (Lipinski definition) is 2. The van der Waals surface area contributed by atoms with Crippen LogP contribution in [0.4, 0.5) is 0 Å². The van der Waals surface area contributed by atoms with E-state index in [1.807, 2.05) is 0 Å². The van der Waals surface area contributed by atoms with Gasteiger partial charge in [0.2, 0.25) is 0 Å². The summed E-state index contributed by atoms with van der Waals surface area (Å²) in [4.78, 5) is 0. The summed E-state index contributed by atoms with van der Waals surface area (Å²) in [6.45, 7) is 0. The van der Waals surface area contributed by atoms with E-state index in [1.165, 1.54) is 56.1 Å². The van der Waals surface area contributed by atoms with Crippen molar-refractivity contribution in [2.75, 3.05) is 7.11 Å². The molecule has 3 aliphatic rings. The van der Waals surface area contributed by atoms with E-state index in [9.17, 15) is 0 Å². The molecule has 1 N–H and O–H groups in total. The standard InChI is InChI=1S/C18H25NO/c1-20-15-10-9-12-3-2-4-17(16(12)11-15)19-18(13-5-6-13)14-7-8-14/h9-11,13-14,17-19H,2-8H2,1H3. The van der Waals surface area contributed by atoms with Crippen molar-refractivity contribution in [2.45, 2.75) is 57.0 Å². The number of nitrogens with one attached hydrogen (secondary N) is 1. The Morgan fingerprint density at radius 1 is 1.10 bits per heavy atom. The molecule has 2 heteroatoms. The summed E-state index contributed by atoms with van der Waals surface area (Å²) < 4.78 is 5.43. The van der Waals surface area contributed by atoms with Gasteiger partial charge in [0.1, 0.15) is 5.75 Å². The molecule has 108 valence electrons. The second-order valence-corrected chi connectivity index (χ2v) is 6.88. The zero-order valence-corrected chi connectivity index (χ0v) is 12.4. The Bertz CT molecular complexity index is 478. The summed E-state index contributed by atoms with van der Waals surface area (Å²) in [6.07, 6.45) is 9.64. The highest BCUT2D eigenvalue weighted by molar-refractivity contribution is 5.39. The third kappa shape index (κ3) is 2.46. The van der Waals surface area contributed by atoms with Crippen LogP contribution in [0.15, 0.2) is 18.2 Å². The molecular formula is C18H25NO. The number of fused-ring (bicyclic) bond motifs is 1. The van der Waals surface area contributed by atoms with Crippen molar-refractivity contribution in [1.29, 1.82) is 0 Å². The summed E-state index contributed by atoms with van der Waals surface area (Å²) in [7, 11) is 1.77. The maximum absolute atomic E-state index is 5.43. The molecule has 1 atom stereocenters. The van der Waals surface area contributed by atoms with Gasteiger partial charge < -0.3 is 10.1 Å². The molecule has 20 heavy (non-hydrogen) atoms. The fourth-order valence-electron chi connectivity index (χ4n) is 3.88. The summed E-state index contributed by atoms with van der Waals surface area (Å²) in [5, 5.41) is 4.03. The van der Waals surface area contributed by atoms with Crippen LogP contribution in [0.1, 0.15) is 55.7 Å². The first-order chi connectivity index (χ1) is 9.85. The van der Waals surface area contributed by atoms with Crippen LogP contribution in [0.25, 0.3) is 0 Å². The molecule has 0 aliphatic heterocycles. The highest BCUT2D eigenvalue weighted by Gasteiger charge is 2.42. The Hall–Kier alpha value is -1.02. The first-order valence-electron chi connectivity index (χ1n) is 8.28. The summed E-state index contributed by atoms with van der Waals surface area (Å²) in [6, 6.07) is 7.99. The molecule has 2 nitrogen and oxygen atoms in total. The summed E-state index contributed by atoms with van der Waals surface area (Å²) >= 11 is 0. The van der Waals surface area contributed by atoms with E-state index in [1.54, 1.807) is 7.11 Å². The van der Waals surface area contributed by atoms with Crippen LogP contribution >= 0.6 is 0 Å². The van der Waals surface area contributed by atoms with E-state index in [0.29, 0.717) is 6.04 Å². The zero-order chi connectivity index (χ0) is 13.5. The minimum Gasteiger partial charge on any atom is -0.497 e. The highest BCUT2D eigenvalue weighted by atomic mass is 16.5. The van der Waals surface area contributed by atoms with Crippen molar-refractivity contribution in [3.05, 3.63) is 29.3 Å². The normalized spacial score (nSPS) is 25.6. The predicted octanol–water partition coefficient (Wildman–Crippen LogP) is 3.85. The molecule has 0 heterocycles. The lowest BCUT2D eigenvalue weighted by atomic mass is 9.86. The average Bonchev–Trinajstić information content (AvgIpc) is 3.38. The van der Waals surface area contributed by atoms with Crippen LogP contribution in [0.3, 0.4) is 0 Å². The molecule has 2 fully saturated rings. The van der Waals surface area contributed by atoms with Crippen LogP contribution in [0.5, 0.6) is 5.75 Å². The number of rotatable bonds is 5. The Balaban J connectivity index is 1.56. The molecule has 1 unspecified atom stereocenters. The number of ether oxygens (including phenoxy) is 1. The first-order valence-corrected chi connectivity index (χ1v) is 8.28. The lowest BCUT2D eigenvalue weighted by molar-refractivity contribution is 0.338. The van der Waals surface area contributed by atoms with Gasteiger partial charge in [0.25, 0.3) is 0 Å². The molecule has 0 amide bonds. The number of methoxy groups -OCH3 is 1. The number of hydrogen-bond donors (Lipinski definition) is 1. The van der Waals surface area contributed by atoms with E-state index in [2.05, 4.69) is 23.5 Å². The fourth-order valence-corrected chi connectivity index (χ4v) is 3.88. The molecule has 0 radical (unpaired) electrons. The predicted molar refractivity (Wildman–Crippen MR) is 81.0 cm³/mol. The monoisotopic (exact) mass is 271 g/mol. The van der Waals surface area contributed by atoms with Crippen molar-refractivity contribution in [3.8, 4) is 5.75 Å². The third-order valence-corrected chi connectivity index (χ3v) is 5.32. The van der Waals surface area contributed by atoms with Crippen LogP contribution in [-0.2, 0) is 6.42 Å². The first kappa shape index (κ1) is 12.7. The van der Waals surface area contributed by atoms with Gasteiger partial charge in [0.05, 0.1) is 7.11 Å². The van der Waals surface area contributed by atoms with Crippen molar-refractivity contribution < 1.29 is 4.74 Å². The van der Waals surface area contributed by atoms with Crippen LogP contribution in [0.2, 0.25) is 0 Å². The van der Waals surface area contributed by atoms with Crippen LogP contribution < -0.4 is 10.1 Å². The molecule has 0 saturated heterocycles. The van der Waals surface area contributed by atoms with Crippen molar-refractivity contribution in [1.82, 2.24) is 5.32 Å². The van der Waals surface area contributed by atoms with Gasteiger partial charge in [0.15, 0.2) is 0 Å². The quantitative estimate of drug-likeness (QED) is 0.878. The molecule has 0 aromatic heterocycles. The molecule has 4 rings (SSSR count). The lowest BCUT2D eigenvalue weighted by Gasteiger charge is -2.31. The Labute approximate surface area is 121 Å².